The Kier molecular flexibility index (Phi) is 6.55. The van der Waals surface area contributed by atoms with Crippen molar-refractivity contribution >= 4 is 10.0 Å². The molecule has 1 aliphatic rings. The Hall–Kier alpha value is -0.170. The van der Waals surface area contributed by atoms with Crippen LogP contribution < -0.4 is 5.32 Å². The molecule has 1 fully saturated rings. The van der Waals surface area contributed by atoms with Gasteiger partial charge in [0.05, 0.1) is 5.75 Å². The minimum Gasteiger partial charge on any atom is -0.316 e. The molecule has 6 heteroatoms. The van der Waals surface area contributed by atoms with E-state index in [1.54, 1.807) is 11.4 Å². The van der Waals surface area contributed by atoms with E-state index >= 15 is 0 Å². The molecule has 18 heavy (non-hydrogen) atoms. The van der Waals surface area contributed by atoms with Gasteiger partial charge in [0, 0.05) is 20.1 Å². The Labute approximate surface area is 112 Å². The number of sulfonamides is 1. The largest absolute Gasteiger partial charge is 0.316 e. The third-order valence-corrected chi connectivity index (χ3v) is 5.43. The second-order valence-corrected chi connectivity index (χ2v) is 7.39. The van der Waals surface area contributed by atoms with Gasteiger partial charge in [-0.1, -0.05) is 6.92 Å². The number of rotatable bonds is 7. The van der Waals surface area contributed by atoms with Gasteiger partial charge in [-0.2, -0.15) is 0 Å². The molecule has 0 amide bonds. The molecule has 0 aromatic heterocycles. The molecule has 5 nitrogen and oxygen atoms in total. The van der Waals surface area contributed by atoms with Crippen molar-refractivity contribution < 1.29 is 8.42 Å². The average molecular weight is 277 g/mol. The van der Waals surface area contributed by atoms with E-state index in [-0.39, 0.29) is 5.75 Å². The second kappa shape index (κ2) is 7.43. The molecule has 0 atom stereocenters. The highest BCUT2D eigenvalue weighted by Gasteiger charge is 2.23. The van der Waals surface area contributed by atoms with Crippen molar-refractivity contribution in [2.45, 2.75) is 19.8 Å². The van der Waals surface area contributed by atoms with Crippen LogP contribution in [0.25, 0.3) is 0 Å². The monoisotopic (exact) mass is 277 g/mol. The van der Waals surface area contributed by atoms with Crippen LogP contribution in [-0.4, -0.2) is 70.2 Å². The smallest absolute Gasteiger partial charge is 0.215 e. The lowest BCUT2D eigenvalue weighted by Gasteiger charge is -2.31. The third kappa shape index (κ3) is 5.22. The van der Waals surface area contributed by atoms with Gasteiger partial charge < -0.3 is 10.2 Å². The highest BCUT2D eigenvalue weighted by atomic mass is 32.2. The Balaban J connectivity index is 2.36. The van der Waals surface area contributed by atoms with Crippen LogP contribution in [0.1, 0.15) is 19.8 Å². The first-order valence-corrected chi connectivity index (χ1v) is 8.40. The van der Waals surface area contributed by atoms with Crippen LogP contribution in [-0.2, 0) is 10.0 Å². The summed E-state index contributed by atoms with van der Waals surface area (Å²) in [4.78, 5) is 2.30. The van der Waals surface area contributed by atoms with Crippen LogP contribution >= 0.6 is 0 Å². The van der Waals surface area contributed by atoms with Gasteiger partial charge in [0.25, 0.3) is 0 Å². The van der Waals surface area contributed by atoms with Crippen molar-refractivity contribution in [1.29, 1.82) is 0 Å². The van der Waals surface area contributed by atoms with Crippen LogP contribution in [0.3, 0.4) is 0 Å². The molecule has 1 saturated heterocycles. The number of likely N-dealkylation sites (tertiary alicyclic amines) is 1. The normalized spacial score (nSPS) is 19.6. The minimum atomic E-state index is -3.09. The molecule has 0 unspecified atom stereocenters. The van der Waals surface area contributed by atoms with Gasteiger partial charge in [-0.05, 0) is 45.4 Å². The molecule has 0 saturated carbocycles. The summed E-state index contributed by atoms with van der Waals surface area (Å²) >= 11 is 0. The van der Waals surface area contributed by atoms with E-state index in [1.807, 2.05) is 6.92 Å². The fourth-order valence-corrected chi connectivity index (χ4v) is 3.41. The molecule has 1 rings (SSSR count). The van der Waals surface area contributed by atoms with E-state index < -0.39 is 10.0 Å². The fraction of sp³-hybridized carbons (Fsp3) is 1.00. The summed E-state index contributed by atoms with van der Waals surface area (Å²) in [6.45, 7) is 6.16. The van der Waals surface area contributed by atoms with Gasteiger partial charge >= 0.3 is 0 Å². The highest BCUT2D eigenvalue weighted by molar-refractivity contribution is 7.89. The molecule has 0 aromatic rings. The lowest BCUT2D eigenvalue weighted by atomic mass is 9.97. The van der Waals surface area contributed by atoms with Crippen molar-refractivity contribution in [2.75, 3.05) is 52.6 Å². The molecular weight excluding hydrogens is 250 g/mol. The Bertz CT molecular complexity index is 324. The molecule has 0 aliphatic carbocycles. The topological polar surface area (TPSA) is 52.7 Å². The summed E-state index contributed by atoms with van der Waals surface area (Å²) in [5.41, 5.74) is 0. The van der Waals surface area contributed by atoms with E-state index in [1.165, 1.54) is 0 Å². The van der Waals surface area contributed by atoms with Crippen molar-refractivity contribution in [3.63, 3.8) is 0 Å². The molecule has 0 spiro atoms. The predicted octanol–water partition coefficient (Wildman–Crippen LogP) is 0.199. The quantitative estimate of drug-likeness (QED) is 0.676. The summed E-state index contributed by atoms with van der Waals surface area (Å²) in [5.74, 6) is 0.712. The van der Waals surface area contributed by atoms with Gasteiger partial charge in [0.2, 0.25) is 10.0 Å². The van der Waals surface area contributed by atoms with Gasteiger partial charge in [-0.15, -0.1) is 0 Å². The fourth-order valence-electron chi connectivity index (χ4n) is 2.26. The third-order valence-electron chi connectivity index (χ3n) is 3.62. The van der Waals surface area contributed by atoms with E-state index in [2.05, 4.69) is 17.3 Å². The number of nitrogens with zero attached hydrogens (tertiary/aromatic N) is 2. The summed E-state index contributed by atoms with van der Waals surface area (Å²) in [6, 6.07) is 0. The number of piperidine rings is 1. The number of hydrogen-bond acceptors (Lipinski definition) is 4. The standard InChI is InChI=1S/C12H27N3O2S/c1-4-13-7-10-18(16,17)15(3)11-12-5-8-14(2)9-6-12/h12-13H,4-11H2,1-3H3. The molecule has 108 valence electrons. The first-order chi connectivity index (χ1) is 8.45. The zero-order valence-electron chi connectivity index (χ0n) is 11.9. The molecule has 1 N–H and O–H groups in total. The molecule has 0 radical (unpaired) electrons. The molecule has 0 bridgehead atoms. The Morgan fingerprint density at radius 2 is 1.94 bits per heavy atom. The van der Waals surface area contributed by atoms with E-state index in [9.17, 15) is 8.42 Å². The Morgan fingerprint density at radius 3 is 2.50 bits per heavy atom. The van der Waals surface area contributed by atoms with Crippen LogP contribution in [0.2, 0.25) is 0 Å². The summed E-state index contributed by atoms with van der Waals surface area (Å²) in [5, 5.41) is 3.06. The van der Waals surface area contributed by atoms with Crippen LogP contribution in [0.5, 0.6) is 0 Å². The van der Waals surface area contributed by atoms with Crippen LogP contribution in [0.15, 0.2) is 0 Å². The van der Waals surface area contributed by atoms with Crippen molar-refractivity contribution in [1.82, 2.24) is 14.5 Å². The maximum Gasteiger partial charge on any atom is 0.215 e. The van der Waals surface area contributed by atoms with Crippen molar-refractivity contribution in [2.24, 2.45) is 5.92 Å². The van der Waals surface area contributed by atoms with Crippen LogP contribution in [0, 0.1) is 5.92 Å². The predicted molar refractivity (Wildman–Crippen MR) is 75.2 cm³/mol. The summed E-state index contributed by atoms with van der Waals surface area (Å²) < 4.78 is 25.6. The Morgan fingerprint density at radius 1 is 1.33 bits per heavy atom. The van der Waals surface area contributed by atoms with Gasteiger partial charge in [-0.25, -0.2) is 12.7 Å². The van der Waals surface area contributed by atoms with E-state index in [0.29, 0.717) is 19.0 Å². The van der Waals surface area contributed by atoms with Gasteiger partial charge in [-0.3, -0.25) is 0 Å². The lowest BCUT2D eigenvalue weighted by Crippen LogP contribution is -2.40. The van der Waals surface area contributed by atoms with Crippen LogP contribution in [0.4, 0.5) is 0 Å². The zero-order chi connectivity index (χ0) is 13.6. The van der Waals surface area contributed by atoms with E-state index in [0.717, 1.165) is 32.5 Å². The first kappa shape index (κ1) is 15.9. The first-order valence-electron chi connectivity index (χ1n) is 6.79. The minimum absolute atomic E-state index is 0.198. The van der Waals surface area contributed by atoms with Gasteiger partial charge in [0.1, 0.15) is 0 Å². The van der Waals surface area contributed by atoms with E-state index in [4.69, 9.17) is 0 Å². The summed E-state index contributed by atoms with van der Waals surface area (Å²) in [7, 11) is 0.738. The molecule has 0 aromatic carbocycles. The average Bonchev–Trinajstić information content (AvgIpc) is 2.32. The molecule has 1 aliphatic heterocycles. The SMILES string of the molecule is CCNCCS(=O)(=O)N(C)CC1CCN(C)CC1. The second-order valence-electron chi connectivity index (χ2n) is 5.20. The maximum absolute atomic E-state index is 12.0. The molecular formula is C12H27N3O2S. The highest BCUT2D eigenvalue weighted by Crippen LogP contribution is 2.17. The lowest BCUT2D eigenvalue weighted by molar-refractivity contribution is 0.202. The van der Waals surface area contributed by atoms with Gasteiger partial charge in [0.15, 0.2) is 0 Å². The summed E-state index contributed by atoms with van der Waals surface area (Å²) in [6.07, 6.45) is 2.20. The number of hydrogen-bond donors (Lipinski definition) is 1. The molecule has 1 heterocycles. The zero-order valence-corrected chi connectivity index (χ0v) is 12.7. The maximum atomic E-state index is 12.0. The number of nitrogens with one attached hydrogen (secondary N) is 1. The van der Waals surface area contributed by atoms with Crippen molar-refractivity contribution in [3.05, 3.63) is 0 Å². The van der Waals surface area contributed by atoms with Crippen molar-refractivity contribution in [3.8, 4) is 0 Å².